The monoisotopic (exact) mass is 302 g/mol. The van der Waals surface area contributed by atoms with Crippen molar-refractivity contribution in [2.24, 2.45) is 0 Å². The molecule has 0 saturated carbocycles. The lowest BCUT2D eigenvalue weighted by Gasteiger charge is -2.23. The fourth-order valence-electron chi connectivity index (χ4n) is 2.40. The number of hydrogen-bond acceptors (Lipinski definition) is 2. The second-order valence-electron chi connectivity index (χ2n) is 4.29. The Hall–Kier alpha value is -1.61. The lowest BCUT2D eigenvalue weighted by atomic mass is 9.77. The molecule has 0 amide bonds. The lowest BCUT2D eigenvalue weighted by molar-refractivity contribution is -0.136. The highest BCUT2D eigenvalue weighted by molar-refractivity contribution is 9.09. The molecule has 0 N–H and O–H groups in total. The van der Waals surface area contributed by atoms with Crippen molar-refractivity contribution < 1.29 is 9.53 Å². The molecular formula is C15H11BrO2. The summed E-state index contributed by atoms with van der Waals surface area (Å²) in [6, 6.07) is 17.3. The van der Waals surface area contributed by atoms with Crippen molar-refractivity contribution in [3.63, 3.8) is 0 Å². The van der Waals surface area contributed by atoms with Crippen molar-refractivity contribution in [3.8, 4) is 5.75 Å². The Morgan fingerprint density at radius 3 is 2.39 bits per heavy atom. The predicted octanol–water partition coefficient (Wildman–Crippen LogP) is 3.29. The van der Waals surface area contributed by atoms with E-state index in [4.69, 9.17) is 4.74 Å². The van der Waals surface area contributed by atoms with Gasteiger partial charge in [-0.1, -0.05) is 64.5 Å². The average Bonchev–Trinajstić information content (AvgIpc) is 2.72. The van der Waals surface area contributed by atoms with Crippen LogP contribution in [0.15, 0.2) is 54.6 Å². The van der Waals surface area contributed by atoms with Crippen LogP contribution in [0.5, 0.6) is 5.75 Å². The van der Waals surface area contributed by atoms with Crippen LogP contribution < -0.4 is 4.74 Å². The first-order valence-corrected chi connectivity index (χ1v) is 6.84. The topological polar surface area (TPSA) is 26.3 Å². The third kappa shape index (κ3) is 1.44. The van der Waals surface area contributed by atoms with Crippen molar-refractivity contribution in [1.82, 2.24) is 0 Å². The van der Waals surface area contributed by atoms with Gasteiger partial charge in [-0.3, -0.25) is 4.79 Å². The molecular weight excluding hydrogens is 292 g/mol. The normalized spacial score (nSPS) is 21.5. The van der Waals surface area contributed by atoms with Crippen molar-refractivity contribution in [1.29, 1.82) is 0 Å². The van der Waals surface area contributed by atoms with E-state index < -0.39 is 5.41 Å². The molecule has 2 nitrogen and oxygen atoms in total. The standard InChI is InChI=1S/C15H11BrO2/c16-10-15(11-6-2-1-3-7-11)12-8-4-5-9-13(12)18-14(15)17/h1-9H,10H2/t15-/m1/s1. The second kappa shape index (κ2) is 4.25. The second-order valence-corrected chi connectivity index (χ2v) is 4.85. The summed E-state index contributed by atoms with van der Waals surface area (Å²) in [6.07, 6.45) is 0. The summed E-state index contributed by atoms with van der Waals surface area (Å²) in [7, 11) is 0. The third-order valence-corrected chi connectivity index (χ3v) is 4.21. The van der Waals surface area contributed by atoms with Gasteiger partial charge in [-0.15, -0.1) is 0 Å². The molecule has 2 aromatic rings. The summed E-state index contributed by atoms with van der Waals surface area (Å²) in [5, 5.41) is 0.514. The summed E-state index contributed by atoms with van der Waals surface area (Å²) in [4.78, 5) is 12.3. The molecule has 0 bridgehead atoms. The first kappa shape index (κ1) is 11.5. The maximum Gasteiger partial charge on any atom is 0.327 e. The number of carbonyl (C=O) groups is 1. The molecule has 0 fully saturated rings. The molecule has 0 saturated heterocycles. The van der Waals surface area contributed by atoms with Crippen LogP contribution in [0.2, 0.25) is 0 Å². The number of halogens is 1. The van der Waals surface area contributed by atoms with E-state index in [1.807, 2.05) is 54.6 Å². The first-order valence-electron chi connectivity index (χ1n) is 5.72. The number of para-hydroxylation sites is 1. The minimum absolute atomic E-state index is 0.216. The van der Waals surface area contributed by atoms with Crippen molar-refractivity contribution in [3.05, 3.63) is 65.7 Å². The summed E-state index contributed by atoms with van der Waals surface area (Å²) in [5.74, 6) is 0.442. The van der Waals surface area contributed by atoms with Crippen LogP contribution in [-0.4, -0.2) is 11.3 Å². The van der Waals surface area contributed by atoms with E-state index in [9.17, 15) is 4.79 Å². The maximum atomic E-state index is 12.3. The zero-order chi connectivity index (χ0) is 12.6. The van der Waals surface area contributed by atoms with Gasteiger partial charge in [0.2, 0.25) is 0 Å². The van der Waals surface area contributed by atoms with Crippen LogP contribution in [0.3, 0.4) is 0 Å². The fourth-order valence-corrected chi connectivity index (χ4v) is 3.26. The van der Waals surface area contributed by atoms with E-state index in [1.165, 1.54) is 0 Å². The Labute approximate surface area is 114 Å². The molecule has 0 aliphatic carbocycles. The van der Waals surface area contributed by atoms with E-state index >= 15 is 0 Å². The van der Waals surface area contributed by atoms with E-state index in [1.54, 1.807) is 0 Å². The Kier molecular flexibility index (Phi) is 2.71. The van der Waals surface area contributed by atoms with Crippen LogP contribution in [-0.2, 0) is 10.2 Å². The maximum absolute atomic E-state index is 12.3. The van der Waals surface area contributed by atoms with Crippen molar-refractivity contribution >= 4 is 21.9 Å². The molecule has 0 aromatic heterocycles. The summed E-state index contributed by atoms with van der Waals surface area (Å²) < 4.78 is 5.40. The highest BCUT2D eigenvalue weighted by Gasteiger charge is 2.49. The average molecular weight is 303 g/mol. The minimum Gasteiger partial charge on any atom is -0.425 e. The highest BCUT2D eigenvalue weighted by atomic mass is 79.9. The number of ether oxygens (including phenoxy) is 1. The van der Waals surface area contributed by atoms with Crippen LogP contribution >= 0.6 is 15.9 Å². The van der Waals surface area contributed by atoms with Gasteiger partial charge in [0, 0.05) is 10.9 Å². The van der Waals surface area contributed by atoms with Gasteiger partial charge in [0.25, 0.3) is 0 Å². The molecule has 90 valence electrons. The summed E-state index contributed by atoms with van der Waals surface area (Å²) in [6.45, 7) is 0. The number of alkyl halides is 1. The van der Waals surface area contributed by atoms with Crippen LogP contribution in [0.4, 0.5) is 0 Å². The molecule has 0 spiro atoms. The highest BCUT2D eigenvalue weighted by Crippen LogP contribution is 2.45. The van der Waals surface area contributed by atoms with Crippen LogP contribution in [0.25, 0.3) is 0 Å². The zero-order valence-corrected chi connectivity index (χ0v) is 11.2. The molecule has 2 aromatic carbocycles. The Bertz CT molecular complexity index is 594. The van der Waals surface area contributed by atoms with E-state index in [0.717, 1.165) is 11.1 Å². The van der Waals surface area contributed by atoms with Gasteiger partial charge < -0.3 is 4.74 Å². The first-order chi connectivity index (χ1) is 8.79. The lowest BCUT2D eigenvalue weighted by Crippen LogP contribution is -2.36. The van der Waals surface area contributed by atoms with E-state index in [0.29, 0.717) is 11.1 Å². The van der Waals surface area contributed by atoms with Gasteiger partial charge in [-0.2, -0.15) is 0 Å². The molecule has 1 atom stereocenters. The Morgan fingerprint density at radius 2 is 1.67 bits per heavy atom. The van der Waals surface area contributed by atoms with E-state index in [2.05, 4.69) is 15.9 Å². The van der Waals surface area contributed by atoms with Crippen LogP contribution in [0, 0.1) is 0 Å². The van der Waals surface area contributed by atoms with Crippen molar-refractivity contribution in [2.45, 2.75) is 5.41 Å². The quantitative estimate of drug-likeness (QED) is 0.483. The predicted molar refractivity (Wildman–Crippen MR) is 73.1 cm³/mol. The van der Waals surface area contributed by atoms with Gasteiger partial charge in [0.15, 0.2) is 0 Å². The Morgan fingerprint density at radius 1 is 1.00 bits per heavy atom. The number of benzene rings is 2. The van der Waals surface area contributed by atoms with E-state index in [-0.39, 0.29) is 5.97 Å². The van der Waals surface area contributed by atoms with Gasteiger partial charge in [0.05, 0.1) is 0 Å². The van der Waals surface area contributed by atoms with Crippen LogP contribution in [0.1, 0.15) is 11.1 Å². The molecule has 3 rings (SSSR count). The molecule has 18 heavy (non-hydrogen) atoms. The SMILES string of the molecule is O=C1Oc2ccccc2[C@@]1(CBr)c1ccccc1. The molecule has 1 aliphatic rings. The molecule has 0 radical (unpaired) electrons. The Balaban J connectivity index is 2.27. The number of carbonyl (C=O) groups excluding carboxylic acids is 1. The van der Waals surface area contributed by atoms with Gasteiger partial charge in [-0.05, 0) is 11.6 Å². The summed E-state index contributed by atoms with van der Waals surface area (Å²) >= 11 is 3.48. The fraction of sp³-hybridized carbons (Fsp3) is 0.133. The smallest absolute Gasteiger partial charge is 0.327 e. The van der Waals surface area contributed by atoms with Gasteiger partial charge in [-0.25, -0.2) is 0 Å². The molecule has 3 heteroatoms. The number of esters is 1. The minimum atomic E-state index is -0.724. The largest absolute Gasteiger partial charge is 0.425 e. The molecule has 1 heterocycles. The van der Waals surface area contributed by atoms with Gasteiger partial charge >= 0.3 is 5.97 Å². The number of hydrogen-bond donors (Lipinski definition) is 0. The number of rotatable bonds is 2. The summed E-state index contributed by atoms with van der Waals surface area (Å²) in [5.41, 5.74) is 1.16. The van der Waals surface area contributed by atoms with Gasteiger partial charge in [0.1, 0.15) is 11.2 Å². The third-order valence-electron chi connectivity index (χ3n) is 3.36. The zero-order valence-electron chi connectivity index (χ0n) is 9.60. The molecule has 1 aliphatic heterocycles. The molecule has 0 unspecified atom stereocenters. The number of fused-ring (bicyclic) bond motifs is 1. The van der Waals surface area contributed by atoms with Crippen molar-refractivity contribution in [2.75, 3.05) is 5.33 Å².